The van der Waals surface area contributed by atoms with Gasteiger partial charge in [0.1, 0.15) is 0 Å². The van der Waals surface area contributed by atoms with Crippen LogP contribution in [0.15, 0.2) is 5.57 Å². The number of nitrogens with zero attached hydrogens (tertiary/aromatic N) is 2. The minimum absolute atomic E-state index is 0.826. The standard InChI is InChI=1S/C13H20ClN3/c1-3-11-13(14)12(17(4-2)16-11)8-10-6-5-7-15-9-10/h8,15H,3-7,9H2,1-2H3/b10-8+. The van der Waals surface area contributed by atoms with Gasteiger partial charge in [0.25, 0.3) is 0 Å². The first-order valence-corrected chi connectivity index (χ1v) is 6.79. The summed E-state index contributed by atoms with van der Waals surface area (Å²) >= 11 is 6.38. The molecule has 0 bridgehead atoms. The molecule has 2 heterocycles. The molecule has 3 nitrogen and oxygen atoms in total. The van der Waals surface area contributed by atoms with Crippen LogP contribution in [0.4, 0.5) is 0 Å². The van der Waals surface area contributed by atoms with Gasteiger partial charge in [-0.15, -0.1) is 0 Å². The molecule has 1 saturated heterocycles. The minimum atomic E-state index is 0.826. The van der Waals surface area contributed by atoms with E-state index in [1.807, 2.05) is 4.68 Å². The summed E-state index contributed by atoms with van der Waals surface area (Å²) in [5.74, 6) is 0. The van der Waals surface area contributed by atoms with Crippen LogP contribution in [0.1, 0.15) is 38.1 Å². The molecule has 0 saturated carbocycles. The van der Waals surface area contributed by atoms with Gasteiger partial charge in [-0.3, -0.25) is 4.68 Å². The SMILES string of the molecule is CCc1nn(CC)c(/C=C2\CCCNC2)c1Cl. The van der Waals surface area contributed by atoms with E-state index in [0.717, 1.165) is 42.5 Å². The molecule has 0 atom stereocenters. The van der Waals surface area contributed by atoms with Gasteiger partial charge in [0.2, 0.25) is 0 Å². The molecule has 1 aliphatic heterocycles. The maximum Gasteiger partial charge on any atom is 0.0891 e. The zero-order valence-electron chi connectivity index (χ0n) is 10.6. The third-order valence-corrected chi connectivity index (χ3v) is 3.59. The number of aryl methyl sites for hydroxylation is 2. The van der Waals surface area contributed by atoms with Crippen LogP contribution >= 0.6 is 11.6 Å². The summed E-state index contributed by atoms with van der Waals surface area (Å²) in [6, 6.07) is 0. The Balaban J connectivity index is 2.32. The van der Waals surface area contributed by atoms with Crippen molar-refractivity contribution in [3.05, 3.63) is 22.0 Å². The van der Waals surface area contributed by atoms with Gasteiger partial charge in [-0.25, -0.2) is 0 Å². The first-order chi connectivity index (χ1) is 8.26. The molecule has 0 aliphatic carbocycles. The minimum Gasteiger partial charge on any atom is -0.313 e. The Labute approximate surface area is 108 Å². The van der Waals surface area contributed by atoms with E-state index in [2.05, 4.69) is 30.3 Å². The lowest BCUT2D eigenvalue weighted by Crippen LogP contribution is -2.23. The van der Waals surface area contributed by atoms with E-state index < -0.39 is 0 Å². The molecule has 0 radical (unpaired) electrons. The first kappa shape index (κ1) is 12.7. The van der Waals surface area contributed by atoms with Crippen LogP contribution < -0.4 is 5.32 Å². The van der Waals surface area contributed by atoms with Gasteiger partial charge in [-0.1, -0.05) is 24.1 Å². The topological polar surface area (TPSA) is 29.9 Å². The van der Waals surface area contributed by atoms with Crippen LogP contribution in [0.2, 0.25) is 5.02 Å². The Hall–Kier alpha value is -0.800. The van der Waals surface area contributed by atoms with Crippen molar-refractivity contribution in [1.82, 2.24) is 15.1 Å². The average Bonchev–Trinajstić information content (AvgIpc) is 2.68. The van der Waals surface area contributed by atoms with E-state index in [1.54, 1.807) is 0 Å². The summed E-state index contributed by atoms with van der Waals surface area (Å²) in [4.78, 5) is 0. The molecule has 0 amide bonds. The van der Waals surface area contributed by atoms with Crippen molar-refractivity contribution in [2.45, 2.75) is 39.7 Å². The Bertz CT molecular complexity index is 413. The Kier molecular flexibility index (Phi) is 4.24. The number of nitrogens with one attached hydrogen (secondary N) is 1. The summed E-state index contributed by atoms with van der Waals surface area (Å²) in [6.07, 6.45) is 5.48. The van der Waals surface area contributed by atoms with Crippen LogP contribution in [0, 0.1) is 0 Å². The van der Waals surface area contributed by atoms with Gasteiger partial charge in [-0.05, 0) is 38.8 Å². The van der Waals surface area contributed by atoms with Crippen molar-refractivity contribution < 1.29 is 0 Å². The molecular formula is C13H20ClN3. The summed E-state index contributed by atoms with van der Waals surface area (Å²) in [7, 11) is 0. The predicted molar refractivity (Wildman–Crippen MR) is 72.4 cm³/mol. The van der Waals surface area contributed by atoms with Crippen LogP contribution in [-0.4, -0.2) is 22.9 Å². The second kappa shape index (κ2) is 5.69. The van der Waals surface area contributed by atoms with E-state index in [4.69, 9.17) is 11.6 Å². The predicted octanol–water partition coefficient (Wildman–Crippen LogP) is 2.89. The normalized spacial score (nSPS) is 18.9. The lowest BCUT2D eigenvalue weighted by Gasteiger charge is -2.15. The third kappa shape index (κ3) is 2.72. The number of hydrogen-bond donors (Lipinski definition) is 1. The lowest BCUT2D eigenvalue weighted by atomic mass is 10.1. The van der Waals surface area contributed by atoms with Crippen LogP contribution in [0.25, 0.3) is 6.08 Å². The molecule has 0 unspecified atom stereocenters. The Morgan fingerprint density at radius 3 is 2.88 bits per heavy atom. The highest BCUT2D eigenvalue weighted by atomic mass is 35.5. The molecule has 17 heavy (non-hydrogen) atoms. The molecule has 0 aromatic carbocycles. The fourth-order valence-electron chi connectivity index (χ4n) is 2.20. The second-order valence-electron chi connectivity index (χ2n) is 4.40. The van der Waals surface area contributed by atoms with Crippen molar-refractivity contribution in [2.75, 3.05) is 13.1 Å². The summed E-state index contributed by atoms with van der Waals surface area (Å²) in [5, 5.41) is 8.75. The molecule has 1 N–H and O–H groups in total. The number of rotatable bonds is 3. The van der Waals surface area contributed by atoms with E-state index in [-0.39, 0.29) is 0 Å². The van der Waals surface area contributed by atoms with Crippen molar-refractivity contribution in [3.63, 3.8) is 0 Å². The highest BCUT2D eigenvalue weighted by molar-refractivity contribution is 6.32. The Morgan fingerprint density at radius 1 is 1.47 bits per heavy atom. The molecule has 1 aromatic heterocycles. The average molecular weight is 254 g/mol. The van der Waals surface area contributed by atoms with Crippen molar-refractivity contribution in [2.24, 2.45) is 0 Å². The molecule has 1 fully saturated rings. The van der Waals surface area contributed by atoms with Gasteiger partial charge in [0.15, 0.2) is 0 Å². The molecular weight excluding hydrogens is 234 g/mol. The smallest absolute Gasteiger partial charge is 0.0891 e. The van der Waals surface area contributed by atoms with Crippen molar-refractivity contribution in [3.8, 4) is 0 Å². The largest absolute Gasteiger partial charge is 0.313 e. The molecule has 0 spiro atoms. The number of hydrogen-bond acceptors (Lipinski definition) is 2. The Morgan fingerprint density at radius 2 is 2.29 bits per heavy atom. The molecule has 1 aliphatic rings. The van der Waals surface area contributed by atoms with E-state index in [9.17, 15) is 0 Å². The van der Waals surface area contributed by atoms with E-state index in [0.29, 0.717) is 0 Å². The first-order valence-electron chi connectivity index (χ1n) is 6.41. The maximum atomic E-state index is 6.38. The van der Waals surface area contributed by atoms with Crippen LogP contribution in [0.5, 0.6) is 0 Å². The maximum absolute atomic E-state index is 6.38. The van der Waals surface area contributed by atoms with E-state index >= 15 is 0 Å². The fourth-order valence-corrected chi connectivity index (χ4v) is 2.53. The number of aromatic nitrogens is 2. The highest BCUT2D eigenvalue weighted by Gasteiger charge is 2.14. The van der Waals surface area contributed by atoms with Gasteiger partial charge in [0.05, 0.1) is 16.4 Å². The van der Waals surface area contributed by atoms with Crippen LogP contribution in [0.3, 0.4) is 0 Å². The quantitative estimate of drug-likeness (QED) is 0.898. The van der Waals surface area contributed by atoms with Gasteiger partial charge < -0.3 is 5.32 Å². The van der Waals surface area contributed by atoms with E-state index in [1.165, 1.54) is 18.4 Å². The van der Waals surface area contributed by atoms with Crippen LogP contribution in [-0.2, 0) is 13.0 Å². The van der Waals surface area contributed by atoms with Crippen molar-refractivity contribution >= 4 is 17.7 Å². The zero-order valence-corrected chi connectivity index (χ0v) is 11.3. The second-order valence-corrected chi connectivity index (χ2v) is 4.78. The monoisotopic (exact) mass is 253 g/mol. The summed E-state index contributed by atoms with van der Waals surface area (Å²) in [6.45, 7) is 7.16. The van der Waals surface area contributed by atoms with Gasteiger partial charge in [0, 0.05) is 13.1 Å². The number of halogens is 1. The third-order valence-electron chi connectivity index (χ3n) is 3.18. The summed E-state index contributed by atoms with van der Waals surface area (Å²) in [5.41, 5.74) is 3.50. The van der Waals surface area contributed by atoms with Gasteiger partial charge >= 0.3 is 0 Å². The summed E-state index contributed by atoms with van der Waals surface area (Å²) < 4.78 is 2.00. The molecule has 2 rings (SSSR count). The fraction of sp³-hybridized carbons (Fsp3) is 0.615. The molecule has 94 valence electrons. The molecule has 4 heteroatoms. The van der Waals surface area contributed by atoms with Gasteiger partial charge in [-0.2, -0.15) is 5.10 Å². The van der Waals surface area contributed by atoms with Crippen molar-refractivity contribution in [1.29, 1.82) is 0 Å². The zero-order chi connectivity index (χ0) is 12.3. The lowest BCUT2D eigenvalue weighted by molar-refractivity contribution is 0.610. The highest BCUT2D eigenvalue weighted by Crippen LogP contribution is 2.25. The molecule has 1 aromatic rings. The number of piperidine rings is 1.